The first kappa shape index (κ1) is 57.6. The first-order valence-corrected chi connectivity index (χ1v) is 25.5. The third-order valence-electron chi connectivity index (χ3n) is 11.3. The van der Waals surface area contributed by atoms with Crippen molar-refractivity contribution in [2.24, 2.45) is 0 Å². The number of rotatable bonds is 45. The molecule has 1 amide bonds. The molecule has 0 radical (unpaired) electrons. The molecule has 0 aliphatic carbocycles. The molecule has 6 heteroatoms. The Hall–Kier alpha value is -2.44. The minimum Gasteiger partial charge on any atom is -0.458 e. The fraction of sp³-hybridized carbons (Fsp3) is 0.778. The fourth-order valence-corrected chi connectivity index (χ4v) is 7.47. The summed E-state index contributed by atoms with van der Waals surface area (Å²) in [7, 11) is 0. The highest BCUT2D eigenvalue weighted by Gasteiger charge is 2.23. The summed E-state index contributed by atoms with van der Waals surface area (Å²) in [4.78, 5) is 26.0. The van der Waals surface area contributed by atoms with Crippen LogP contribution in [0.4, 0.5) is 0 Å². The van der Waals surface area contributed by atoms with Crippen LogP contribution in [0.3, 0.4) is 0 Å². The van der Waals surface area contributed by atoms with E-state index in [9.17, 15) is 19.8 Å². The van der Waals surface area contributed by atoms with Crippen LogP contribution in [0.2, 0.25) is 0 Å². The van der Waals surface area contributed by atoms with Crippen LogP contribution in [0, 0.1) is 0 Å². The molecule has 0 aromatic carbocycles. The van der Waals surface area contributed by atoms with Gasteiger partial charge in [0.05, 0.1) is 25.2 Å². The monoisotopic (exact) mass is 840 g/mol. The lowest BCUT2D eigenvalue weighted by Crippen LogP contribution is -2.46. The topological polar surface area (TPSA) is 95.9 Å². The van der Waals surface area contributed by atoms with Crippen molar-refractivity contribution in [2.45, 2.75) is 264 Å². The first-order chi connectivity index (χ1) is 29.5. The maximum absolute atomic E-state index is 13.1. The van der Waals surface area contributed by atoms with Gasteiger partial charge in [-0.1, -0.05) is 223 Å². The highest BCUT2D eigenvalue weighted by molar-refractivity contribution is 5.78. The Kier molecular flexibility index (Phi) is 45.7. The average molecular weight is 840 g/mol. The molecule has 0 aromatic heterocycles. The molecule has 60 heavy (non-hydrogen) atoms. The van der Waals surface area contributed by atoms with E-state index < -0.39 is 18.2 Å². The van der Waals surface area contributed by atoms with Crippen molar-refractivity contribution in [3.8, 4) is 0 Å². The summed E-state index contributed by atoms with van der Waals surface area (Å²) in [5, 5.41) is 23.7. The van der Waals surface area contributed by atoms with Gasteiger partial charge >= 0.3 is 5.97 Å². The Bertz CT molecular complexity index is 1080. The van der Waals surface area contributed by atoms with Crippen LogP contribution in [0.25, 0.3) is 0 Å². The van der Waals surface area contributed by atoms with E-state index in [2.05, 4.69) is 74.7 Å². The van der Waals surface area contributed by atoms with Gasteiger partial charge in [0.15, 0.2) is 0 Å². The molecule has 348 valence electrons. The van der Waals surface area contributed by atoms with Gasteiger partial charge in [-0.25, -0.2) is 0 Å². The summed E-state index contributed by atoms with van der Waals surface area (Å²) in [6, 6.07) is -0.738. The van der Waals surface area contributed by atoms with E-state index in [-0.39, 0.29) is 24.9 Å². The molecule has 0 fully saturated rings. The number of carbonyl (C=O) groups excluding carboxylic acids is 2. The Morgan fingerprint density at radius 1 is 0.517 bits per heavy atom. The number of aliphatic hydroxyl groups is 2. The van der Waals surface area contributed by atoms with Crippen molar-refractivity contribution >= 4 is 11.9 Å². The number of allylic oxidation sites excluding steroid dienone is 9. The molecular formula is C54H97NO5. The highest BCUT2D eigenvalue weighted by atomic mass is 16.5. The van der Waals surface area contributed by atoms with E-state index in [1.807, 2.05) is 12.2 Å². The zero-order valence-corrected chi connectivity index (χ0v) is 39.6. The number of esters is 1. The molecular weight excluding hydrogens is 743 g/mol. The van der Waals surface area contributed by atoms with E-state index in [4.69, 9.17) is 4.74 Å². The van der Waals surface area contributed by atoms with Gasteiger partial charge in [-0.05, 0) is 70.3 Å². The molecule has 0 saturated heterocycles. The van der Waals surface area contributed by atoms with Crippen LogP contribution in [-0.2, 0) is 14.3 Å². The average Bonchev–Trinajstić information content (AvgIpc) is 3.24. The molecule has 0 bridgehead atoms. The summed E-state index contributed by atoms with van der Waals surface area (Å²) in [5.74, 6) is -0.628. The number of hydrogen-bond acceptors (Lipinski definition) is 5. The van der Waals surface area contributed by atoms with Crippen LogP contribution < -0.4 is 5.32 Å². The van der Waals surface area contributed by atoms with Crippen LogP contribution in [0.15, 0.2) is 60.8 Å². The minimum absolute atomic E-state index is 0.0387. The molecule has 0 aromatic rings. The number of nitrogens with one attached hydrogen (secondary N) is 1. The predicted octanol–water partition coefficient (Wildman–Crippen LogP) is 15.2. The minimum atomic E-state index is -0.816. The molecule has 0 aliphatic heterocycles. The fourth-order valence-electron chi connectivity index (χ4n) is 7.47. The van der Waals surface area contributed by atoms with Crippen molar-refractivity contribution in [3.63, 3.8) is 0 Å². The molecule has 3 N–H and O–H groups in total. The van der Waals surface area contributed by atoms with Gasteiger partial charge in [0.1, 0.15) is 6.10 Å². The first-order valence-electron chi connectivity index (χ1n) is 25.5. The van der Waals surface area contributed by atoms with E-state index in [0.29, 0.717) is 19.3 Å². The van der Waals surface area contributed by atoms with E-state index in [1.54, 1.807) is 0 Å². The second-order valence-electron chi connectivity index (χ2n) is 17.2. The van der Waals surface area contributed by atoms with Gasteiger partial charge in [0.25, 0.3) is 0 Å². The standard InChI is InChI=1S/C54H97NO5/c1-4-7-10-13-16-19-22-24-26-27-28-31-34-37-40-43-46-52(57)51(49-56)55-53(58)48-50(45-42-39-36-33-30-21-18-15-12-9-6-3)60-54(59)47-44-41-38-35-32-29-25-23-20-17-14-11-8-5-2/h8,11,17,20,25,29,33,36,42,45,50-52,56-57H,4-7,9-10,12-16,18-19,21-24,26-28,30-32,34-35,37-41,43-44,46-49H2,1-3H3,(H,55,58)/b11-8+,20-17+,29-25+,36-33-,45-42+. The number of hydrogen-bond donors (Lipinski definition) is 3. The summed E-state index contributed by atoms with van der Waals surface area (Å²) < 4.78 is 5.81. The van der Waals surface area contributed by atoms with Gasteiger partial charge in [-0.2, -0.15) is 0 Å². The van der Waals surface area contributed by atoms with E-state index >= 15 is 0 Å². The Morgan fingerprint density at radius 2 is 0.933 bits per heavy atom. The van der Waals surface area contributed by atoms with E-state index in [0.717, 1.165) is 77.0 Å². The third-order valence-corrected chi connectivity index (χ3v) is 11.3. The molecule has 0 rings (SSSR count). The number of aliphatic hydroxyl groups excluding tert-OH is 2. The van der Waals surface area contributed by atoms with Gasteiger partial charge in [0.2, 0.25) is 5.91 Å². The maximum atomic E-state index is 13.1. The predicted molar refractivity (Wildman–Crippen MR) is 259 cm³/mol. The number of carbonyl (C=O) groups is 2. The molecule has 3 atom stereocenters. The molecule has 3 unspecified atom stereocenters. The van der Waals surface area contributed by atoms with Crippen molar-refractivity contribution in [2.75, 3.05) is 6.61 Å². The molecule has 0 saturated carbocycles. The quantitative estimate of drug-likeness (QED) is 0.0322. The van der Waals surface area contributed by atoms with Crippen molar-refractivity contribution in [1.82, 2.24) is 5.32 Å². The van der Waals surface area contributed by atoms with Crippen molar-refractivity contribution in [3.05, 3.63) is 60.8 Å². The largest absolute Gasteiger partial charge is 0.458 e. The van der Waals surface area contributed by atoms with Crippen LogP contribution in [-0.4, -0.2) is 46.9 Å². The smallest absolute Gasteiger partial charge is 0.306 e. The number of ether oxygens (including phenoxy) is 1. The van der Waals surface area contributed by atoms with Crippen LogP contribution in [0.5, 0.6) is 0 Å². The van der Waals surface area contributed by atoms with Crippen molar-refractivity contribution < 1.29 is 24.5 Å². The highest BCUT2D eigenvalue weighted by Crippen LogP contribution is 2.16. The second kappa shape index (κ2) is 47.6. The summed E-state index contributed by atoms with van der Waals surface area (Å²) in [5.41, 5.74) is 0. The third kappa shape index (κ3) is 42.3. The normalized spacial score (nSPS) is 13.8. The summed E-state index contributed by atoms with van der Waals surface area (Å²) >= 11 is 0. The lowest BCUT2D eigenvalue weighted by Gasteiger charge is -2.23. The zero-order valence-electron chi connectivity index (χ0n) is 39.6. The number of unbranched alkanes of at least 4 members (excludes halogenated alkanes) is 25. The van der Waals surface area contributed by atoms with Crippen molar-refractivity contribution in [1.29, 1.82) is 0 Å². The molecule has 0 heterocycles. The SMILES string of the molecule is CC/C=C/C/C=C/C/C=C/CCCCCCC(=O)OC(/C=C/C/C=C\CCCCCCCC)CC(=O)NC(CO)C(O)CCCCCCCCCCCCCCCCCC. The summed E-state index contributed by atoms with van der Waals surface area (Å²) in [6.07, 6.45) is 58.8. The van der Waals surface area contributed by atoms with Gasteiger partial charge in [-0.15, -0.1) is 0 Å². The van der Waals surface area contributed by atoms with Gasteiger partial charge in [-0.3, -0.25) is 9.59 Å². The Labute approximate surface area is 371 Å². The van der Waals surface area contributed by atoms with Crippen LogP contribution in [0.1, 0.15) is 245 Å². The van der Waals surface area contributed by atoms with Gasteiger partial charge in [0, 0.05) is 6.42 Å². The Morgan fingerprint density at radius 3 is 1.42 bits per heavy atom. The van der Waals surface area contributed by atoms with Gasteiger partial charge < -0.3 is 20.3 Å². The lowest BCUT2D eigenvalue weighted by atomic mass is 10.0. The summed E-state index contributed by atoms with van der Waals surface area (Å²) in [6.45, 7) is 6.33. The maximum Gasteiger partial charge on any atom is 0.306 e. The van der Waals surface area contributed by atoms with Crippen LogP contribution >= 0.6 is 0 Å². The number of amides is 1. The second-order valence-corrected chi connectivity index (χ2v) is 17.2. The molecule has 0 aliphatic rings. The molecule has 0 spiro atoms. The lowest BCUT2D eigenvalue weighted by molar-refractivity contribution is -0.148. The zero-order chi connectivity index (χ0) is 43.8. The molecule has 6 nitrogen and oxygen atoms in total. The van der Waals surface area contributed by atoms with E-state index in [1.165, 1.54) is 122 Å². The Balaban J connectivity index is 4.60.